The van der Waals surface area contributed by atoms with Crippen LogP contribution in [0.15, 0.2) is 12.3 Å². The van der Waals surface area contributed by atoms with Crippen LogP contribution in [0.2, 0.25) is 0 Å². The zero-order chi connectivity index (χ0) is 13.5. The Morgan fingerprint density at radius 2 is 2.11 bits per heavy atom. The van der Waals surface area contributed by atoms with Gasteiger partial charge < -0.3 is 10.6 Å². The fourth-order valence-electron chi connectivity index (χ4n) is 1.26. The van der Waals surface area contributed by atoms with Gasteiger partial charge in [0.2, 0.25) is 5.95 Å². The maximum absolute atomic E-state index is 11.8. The van der Waals surface area contributed by atoms with Gasteiger partial charge in [0.15, 0.2) is 0 Å². The van der Waals surface area contributed by atoms with Crippen molar-refractivity contribution < 1.29 is 4.79 Å². The molecule has 0 aliphatic rings. The first-order chi connectivity index (χ1) is 8.52. The van der Waals surface area contributed by atoms with E-state index in [1.54, 1.807) is 12.3 Å². The van der Waals surface area contributed by atoms with Crippen LogP contribution < -0.4 is 10.6 Å². The Morgan fingerprint density at radius 1 is 1.39 bits per heavy atom. The lowest BCUT2D eigenvalue weighted by atomic mass is 10.2. The van der Waals surface area contributed by atoms with Crippen molar-refractivity contribution in [2.24, 2.45) is 5.92 Å². The van der Waals surface area contributed by atoms with Gasteiger partial charge >= 0.3 is 0 Å². The van der Waals surface area contributed by atoms with Crippen LogP contribution in [0.5, 0.6) is 0 Å². The van der Waals surface area contributed by atoms with Crippen LogP contribution in [0, 0.1) is 5.92 Å². The van der Waals surface area contributed by atoms with E-state index in [4.69, 9.17) is 0 Å². The van der Waals surface area contributed by atoms with Crippen LogP contribution >= 0.6 is 0 Å². The molecular formula is C13H22N4O. The maximum atomic E-state index is 11.8. The van der Waals surface area contributed by atoms with E-state index in [9.17, 15) is 4.79 Å². The number of rotatable bonds is 6. The number of aromatic nitrogens is 2. The molecule has 0 aliphatic heterocycles. The van der Waals surface area contributed by atoms with Gasteiger partial charge in [-0.3, -0.25) is 4.79 Å². The van der Waals surface area contributed by atoms with Gasteiger partial charge in [-0.2, -0.15) is 0 Å². The van der Waals surface area contributed by atoms with Gasteiger partial charge in [0.25, 0.3) is 5.91 Å². The monoisotopic (exact) mass is 250 g/mol. The topological polar surface area (TPSA) is 66.9 Å². The van der Waals surface area contributed by atoms with Crippen LogP contribution in [0.25, 0.3) is 0 Å². The second-order valence-electron chi connectivity index (χ2n) is 4.82. The van der Waals surface area contributed by atoms with Crippen LogP contribution in [0.1, 0.15) is 44.6 Å². The molecule has 0 fully saturated rings. The molecule has 1 atom stereocenters. The zero-order valence-corrected chi connectivity index (χ0v) is 11.5. The summed E-state index contributed by atoms with van der Waals surface area (Å²) in [6, 6.07) is 1.91. The van der Waals surface area contributed by atoms with Crippen molar-refractivity contribution in [2.45, 2.75) is 40.2 Å². The quantitative estimate of drug-likeness (QED) is 0.811. The highest BCUT2D eigenvalue weighted by Crippen LogP contribution is 2.04. The van der Waals surface area contributed by atoms with Gasteiger partial charge in [-0.1, -0.05) is 20.8 Å². The maximum Gasteiger partial charge on any atom is 0.270 e. The Labute approximate surface area is 108 Å². The van der Waals surface area contributed by atoms with Gasteiger partial charge in [-0.05, 0) is 25.3 Å². The van der Waals surface area contributed by atoms with Crippen LogP contribution in [0.3, 0.4) is 0 Å². The van der Waals surface area contributed by atoms with E-state index in [0.717, 1.165) is 6.42 Å². The third-order valence-corrected chi connectivity index (χ3v) is 2.55. The summed E-state index contributed by atoms with van der Waals surface area (Å²) >= 11 is 0. The van der Waals surface area contributed by atoms with Gasteiger partial charge in [0, 0.05) is 18.8 Å². The highest BCUT2D eigenvalue weighted by atomic mass is 16.1. The molecule has 18 heavy (non-hydrogen) atoms. The molecule has 1 aromatic rings. The van der Waals surface area contributed by atoms with E-state index in [0.29, 0.717) is 30.1 Å². The summed E-state index contributed by atoms with van der Waals surface area (Å²) < 4.78 is 0. The van der Waals surface area contributed by atoms with Crippen molar-refractivity contribution >= 4 is 11.9 Å². The summed E-state index contributed by atoms with van der Waals surface area (Å²) in [6.07, 6.45) is 2.58. The van der Waals surface area contributed by atoms with E-state index in [1.807, 2.05) is 0 Å². The number of carbonyl (C=O) groups excluding carboxylic acids is 1. The smallest absolute Gasteiger partial charge is 0.270 e. The molecule has 1 rings (SSSR count). The molecule has 1 amide bonds. The lowest BCUT2D eigenvalue weighted by molar-refractivity contribution is 0.0944. The molecule has 1 aromatic heterocycles. The Bertz CT molecular complexity index is 392. The van der Waals surface area contributed by atoms with Crippen LogP contribution in [0.4, 0.5) is 5.95 Å². The van der Waals surface area contributed by atoms with Crippen molar-refractivity contribution in [3.05, 3.63) is 18.0 Å². The Kier molecular flexibility index (Phi) is 5.55. The fourth-order valence-corrected chi connectivity index (χ4v) is 1.26. The van der Waals surface area contributed by atoms with Crippen molar-refractivity contribution in [1.29, 1.82) is 0 Å². The predicted octanol–water partition coefficient (Wildman–Crippen LogP) is 2.07. The molecule has 0 spiro atoms. The molecule has 5 heteroatoms. The second-order valence-corrected chi connectivity index (χ2v) is 4.82. The first-order valence-electron chi connectivity index (χ1n) is 6.40. The number of nitrogens with one attached hydrogen (secondary N) is 2. The van der Waals surface area contributed by atoms with Crippen molar-refractivity contribution in [3.63, 3.8) is 0 Å². The third-order valence-electron chi connectivity index (χ3n) is 2.55. The summed E-state index contributed by atoms with van der Waals surface area (Å²) in [7, 11) is 0. The van der Waals surface area contributed by atoms with Gasteiger partial charge in [0.05, 0.1) is 0 Å². The largest absolute Gasteiger partial charge is 0.352 e. The lowest BCUT2D eigenvalue weighted by Gasteiger charge is -2.12. The van der Waals surface area contributed by atoms with E-state index in [1.165, 1.54) is 0 Å². The molecule has 0 aliphatic carbocycles. The lowest BCUT2D eigenvalue weighted by Crippen LogP contribution is -2.28. The second kappa shape index (κ2) is 6.93. The van der Waals surface area contributed by atoms with Crippen molar-refractivity contribution in [1.82, 2.24) is 15.3 Å². The zero-order valence-electron chi connectivity index (χ0n) is 11.5. The molecule has 5 nitrogen and oxygen atoms in total. The molecule has 0 radical (unpaired) electrons. The first-order valence-corrected chi connectivity index (χ1v) is 6.40. The number of hydrogen-bond acceptors (Lipinski definition) is 4. The summed E-state index contributed by atoms with van der Waals surface area (Å²) in [5.74, 6) is 0.772. The SMILES string of the molecule is CCC(C)Nc1nccc(C(=O)NCC(C)C)n1. The minimum absolute atomic E-state index is 0.154. The number of carbonyl (C=O) groups is 1. The average molecular weight is 250 g/mol. The summed E-state index contributed by atoms with van der Waals surface area (Å²) in [5, 5.41) is 5.99. The Balaban J connectivity index is 2.66. The van der Waals surface area contributed by atoms with E-state index in [2.05, 4.69) is 48.3 Å². The molecule has 0 bridgehead atoms. The molecule has 0 saturated heterocycles. The van der Waals surface area contributed by atoms with Gasteiger partial charge in [-0.15, -0.1) is 0 Å². The fraction of sp³-hybridized carbons (Fsp3) is 0.615. The standard InChI is InChI=1S/C13H22N4O/c1-5-10(4)16-13-14-7-6-11(17-13)12(18)15-8-9(2)3/h6-7,9-10H,5,8H2,1-4H3,(H,15,18)(H,14,16,17). The molecular weight excluding hydrogens is 228 g/mol. The minimum atomic E-state index is -0.154. The summed E-state index contributed by atoms with van der Waals surface area (Å²) in [5.41, 5.74) is 0.399. The predicted molar refractivity (Wildman–Crippen MR) is 72.6 cm³/mol. The molecule has 1 heterocycles. The average Bonchev–Trinajstić information content (AvgIpc) is 2.36. The van der Waals surface area contributed by atoms with E-state index < -0.39 is 0 Å². The molecule has 2 N–H and O–H groups in total. The van der Waals surface area contributed by atoms with E-state index >= 15 is 0 Å². The van der Waals surface area contributed by atoms with E-state index in [-0.39, 0.29) is 5.91 Å². The summed E-state index contributed by atoms with van der Waals surface area (Å²) in [6.45, 7) is 8.88. The first kappa shape index (κ1) is 14.4. The van der Waals surface area contributed by atoms with Crippen molar-refractivity contribution in [2.75, 3.05) is 11.9 Å². The van der Waals surface area contributed by atoms with Crippen molar-refractivity contribution in [3.8, 4) is 0 Å². The number of amides is 1. The molecule has 100 valence electrons. The number of anilines is 1. The Hall–Kier alpha value is -1.65. The molecule has 0 saturated carbocycles. The Morgan fingerprint density at radius 3 is 2.72 bits per heavy atom. The molecule has 0 aromatic carbocycles. The van der Waals surface area contributed by atoms with Crippen LogP contribution in [-0.4, -0.2) is 28.5 Å². The van der Waals surface area contributed by atoms with Gasteiger partial charge in [0.1, 0.15) is 5.69 Å². The number of nitrogens with zero attached hydrogens (tertiary/aromatic N) is 2. The van der Waals surface area contributed by atoms with Crippen LogP contribution in [-0.2, 0) is 0 Å². The molecule has 1 unspecified atom stereocenters. The van der Waals surface area contributed by atoms with Gasteiger partial charge in [-0.25, -0.2) is 9.97 Å². The highest BCUT2D eigenvalue weighted by Gasteiger charge is 2.09. The normalized spacial score (nSPS) is 12.3. The minimum Gasteiger partial charge on any atom is -0.352 e. The summed E-state index contributed by atoms with van der Waals surface area (Å²) in [4.78, 5) is 20.1. The number of hydrogen-bond donors (Lipinski definition) is 2. The third kappa shape index (κ3) is 4.69. The highest BCUT2D eigenvalue weighted by molar-refractivity contribution is 5.92.